The molecule has 0 aliphatic rings. The van der Waals surface area contributed by atoms with E-state index in [-0.39, 0.29) is 11.1 Å². The highest BCUT2D eigenvalue weighted by Crippen LogP contribution is 2.29. The molecule has 4 nitrogen and oxygen atoms in total. The number of pyridine rings is 1. The first kappa shape index (κ1) is 14.0. The van der Waals surface area contributed by atoms with E-state index in [2.05, 4.69) is 31.9 Å². The summed E-state index contributed by atoms with van der Waals surface area (Å²) in [6, 6.07) is 6.25. The number of carboxylic acid groups (broad SMARTS) is 1. The van der Waals surface area contributed by atoms with Gasteiger partial charge >= 0.3 is 5.97 Å². The highest BCUT2D eigenvalue weighted by molar-refractivity contribution is 9.11. The fourth-order valence-corrected chi connectivity index (χ4v) is 3.51. The van der Waals surface area contributed by atoms with Gasteiger partial charge in [0.2, 0.25) is 0 Å². The van der Waals surface area contributed by atoms with Gasteiger partial charge in [-0.2, -0.15) is 0 Å². The molecule has 0 spiro atoms. The van der Waals surface area contributed by atoms with Crippen molar-refractivity contribution in [3.63, 3.8) is 0 Å². The molecule has 0 atom stereocenters. The second-order valence-electron chi connectivity index (χ2n) is 4.01. The van der Waals surface area contributed by atoms with Crippen LogP contribution in [0.4, 0.5) is 0 Å². The Morgan fingerprint density at radius 2 is 1.79 bits per heavy atom. The first-order chi connectivity index (χ1) is 8.90. The number of nitrogens with zero attached hydrogens (tertiary/aromatic N) is 1. The van der Waals surface area contributed by atoms with Crippen LogP contribution in [-0.2, 0) is 0 Å². The van der Waals surface area contributed by atoms with E-state index in [0.717, 1.165) is 5.56 Å². The van der Waals surface area contributed by atoms with Crippen molar-refractivity contribution in [3.05, 3.63) is 60.9 Å². The number of hydrogen-bond donors (Lipinski definition) is 1. The average Bonchev–Trinajstić information content (AvgIpc) is 2.29. The van der Waals surface area contributed by atoms with Gasteiger partial charge in [0.05, 0.1) is 11.3 Å². The van der Waals surface area contributed by atoms with Gasteiger partial charge in [-0.05, 0) is 62.5 Å². The molecule has 0 aliphatic heterocycles. The molecule has 0 unspecified atom stereocenters. The van der Waals surface area contributed by atoms with Crippen LogP contribution in [0.5, 0.6) is 0 Å². The second kappa shape index (κ2) is 5.30. The Morgan fingerprint density at radius 1 is 1.21 bits per heavy atom. The van der Waals surface area contributed by atoms with Crippen molar-refractivity contribution in [2.24, 2.45) is 0 Å². The minimum atomic E-state index is -1.08. The molecule has 0 saturated heterocycles. The van der Waals surface area contributed by atoms with E-state index >= 15 is 0 Å². The SMILES string of the molecule is Cc1cc(Br)c(-n2cc(C(=O)O)ccc2=O)c(Br)c1. The molecule has 6 heteroatoms. The van der Waals surface area contributed by atoms with Crippen LogP contribution in [0.15, 0.2) is 44.2 Å². The van der Waals surface area contributed by atoms with Crippen molar-refractivity contribution in [1.29, 1.82) is 0 Å². The van der Waals surface area contributed by atoms with E-state index < -0.39 is 5.97 Å². The highest BCUT2D eigenvalue weighted by Gasteiger charge is 2.12. The Labute approximate surface area is 126 Å². The molecular weight excluding hydrogens is 378 g/mol. The van der Waals surface area contributed by atoms with Gasteiger partial charge in [-0.25, -0.2) is 4.79 Å². The maximum atomic E-state index is 11.9. The minimum Gasteiger partial charge on any atom is -0.478 e. The van der Waals surface area contributed by atoms with E-state index in [1.165, 1.54) is 22.9 Å². The van der Waals surface area contributed by atoms with Crippen LogP contribution in [0.1, 0.15) is 15.9 Å². The molecule has 1 aromatic heterocycles. The third kappa shape index (κ3) is 2.79. The van der Waals surface area contributed by atoms with Crippen molar-refractivity contribution in [3.8, 4) is 5.69 Å². The minimum absolute atomic E-state index is 0.0546. The van der Waals surface area contributed by atoms with E-state index in [9.17, 15) is 9.59 Å². The smallest absolute Gasteiger partial charge is 0.337 e. The summed E-state index contributed by atoms with van der Waals surface area (Å²) in [5, 5.41) is 8.99. The van der Waals surface area contributed by atoms with Crippen LogP contribution >= 0.6 is 31.9 Å². The second-order valence-corrected chi connectivity index (χ2v) is 5.72. The lowest BCUT2D eigenvalue weighted by atomic mass is 10.2. The maximum Gasteiger partial charge on any atom is 0.337 e. The van der Waals surface area contributed by atoms with Crippen LogP contribution < -0.4 is 5.56 Å². The summed E-state index contributed by atoms with van der Waals surface area (Å²) in [6.07, 6.45) is 1.31. The summed E-state index contributed by atoms with van der Waals surface area (Å²) < 4.78 is 2.73. The first-order valence-corrected chi connectivity index (χ1v) is 6.91. The molecule has 2 aromatic rings. The quantitative estimate of drug-likeness (QED) is 0.860. The molecule has 0 saturated carbocycles. The predicted octanol–water partition coefficient (Wildman–Crippen LogP) is 3.37. The largest absolute Gasteiger partial charge is 0.478 e. The molecule has 98 valence electrons. The Kier molecular flexibility index (Phi) is 3.91. The van der Waals surface area contributed by atoms with Gasteiger partial charge < -0.3 is 5.11 Å². The fourth-order valence-electron chi connectivity index (χ4n) is 1.71. The van der Waals surface area contributed by atoms with Crippen LogP contribution in [-0.4, -0.2) is 15.6 Å². The van der Waals surface area contributed by atoms with Crippen molar-refractivity contribution >= 4 is 37.8 Å². The normalized spacial score (nSPS) is 10.5. The number of aryl methyl sites for hydroxylation is 1. The van der Waals surface area contributed by atoms with Crippen molar-refractivity contribution in [2.75, 3.05) is 0 Å². The lowest BCUT2D eigenvalue weighted by molar-refractivity contribution is 0.0696. The zero-order chi connectivity index (χ0) is 14.2. The molecule has 1 aromatic carbocycles. The van der Waals surface area contributed by atoms with Crippen LogP contribution in [0, 0.1) is 6.92 Å². The lowest BCUT2D eigenvalue weighted by Crippen LogP contribution is -2.19. The van der Waals surface area contributed by atoms with Gasteiger partial charge in [0.25, 0.3) is 5.56 Å². The molecular formula is C13H9Br2NO3. The topological polar surface area (TPSA) is 59.3 Å². The van der Waals surface area contributed by atoms with E-state index in [1.807, 2.05) is 19.1 Å². The fraction of sp³-hybridized carbons (Fsp3) is 0.0769. The Bertz CT molecular complexity index is 699. The summed E-state index contributed by atoms with van der Waals surface area (Å²) in [7, 11) is 0. The van der Waals surface area contributed by atoms with Crippen LogP contribution in [0.2, 0.25) is 0 Å². The van der Waals surface area contributed by atoms with E-state index in [0.29, 0.717) is 14.6 Å². The van der Waals surface area contributed by atoms with E-state index in [4.69, 9.17) is 5.11 Å². The molecule has 0 bridgehead atoms. The number of halogens is 2. The van der Waals surface area contributed by atoms with Gasteiger partial charge in [0, 0.05) is 21.2 Å². The van der Waals surface area contributed by atoms with Crippen molar-refractivity contribution in [2.45, 2.75) is 6.92 Å². The predicted molar refractivity (Wildman–Crippen MR) is 79.1 cm³/mol. The summed E-state index contributed by atoms with van der Waals surface area (Å²) in [4.78, 5) is 22.9. The molecule has 1 N–H and O–H groups in total. The standard InChI is InChI=1S/C13H9Br2NO3/c1-7-4-9(14)12(10(15)5-7)16-6-8(13(18)19)2-3-11(16)17/h2-6H,1H3,(H,18,19). The number of hydrogen-bond acceptors (Lipinski definition) is 2. The molecule has 19 heavy (non-hydrogen) atoms. The van der Waals surface area contributed by atoms with Crippen molar-refractivity contribution < 1.29 is 9.90 Å². The molecule has 1 heterocycles. The molecule has 0 fully saturated rings. The Hall–Kier alpha value is -1.40. The summed E-state index contributed by atoms with van der Waals surface area (Å²) in [5.74, 6) is -1.08. The average molecular weight is 387 g/mol. The number of rotatable bonds is 2. The third-order valence-electron chi connectivity index (χ3n) is 2.56. The third-order valence-corrected chi connectivity index (χ3v) is 3.77. The number of carbonyl (C=O) groups is 1. The zero-order valence-electron chi connectivity index (χ0n) is 9.85. The van der Waals surface area contributed by atoms with Crippen LogP contribution in [0.3, 0.4) is 0 Å². The number of aromatic nitrogens is 1. The zero-order valence-corrected chi connectivity index (χ0v) is 13.0. The van der Waals surface area contributed by atoms with Gasteiger partial charge in [-0.15, -0.1) is 0 Å². The van der Waals surface area contributed by atoms with Gasteiger partial charge in [-0.1, -0.05) is 0 Å². The first-order valence-electron chi connectivity index (χ1n) is 5.32. The molecule has 0 radical (unpaired) electrons. The summed E-state index contributed by atoms with van der Waals surface area (Å²) in [6.45, 7) is 1.93. The molecule has 2 rings (SSSR count). The van der Waals surface area contributed by atoms with Crippen molar-refractivity contribution in [1.82, 2.24) is 4.57 Å². The Morgan fingerprint density at radius 3 is 2.32 bits per heavy atom. The van der Waals surface area contributed by atoms with Gasteiger partial charge in [0.15, 0.2) is 0 Å². The number of aromatic carboxylic acids is 1. The summed E-state index contributed by atoms with van der Waals surface area (Å²) >= 11 is 6.79. The highest BCUT2D eigenvalue weighted by atomic mass is 79.9. The van der Waals surface area contributed by atoms with Gasteiger partial charge in [0.1, 0.15) is 0 Å². The number of benzene rings is 1. The van der Waals surface area contributed by atoms with E-state index in [1.54, 1.807) is 0 Å². The van der Waals surface area contributed by atoms with Crippen LogP contribution in [0.25, 0.3) is 5.69 Å². The van der Waals surface area contributed by atoms with Gasteiger partial charge in [-0.3, -0.25) is 9.36 Å². The molecule has 0 aliphatic carbocycles. The maximum absolute atomic E-state index is 11.9. The lowest BCUT2D eigenvalue weighted by Gasteiger charge is -2.12. The summed E-state index contributed by atoms with van der Waals surface area (Å²) in [5.41, 5.74) is 1.36. The Balaban J connectivity index is 2.75. The molecule has 0 amide bonds. The monoisotopic (exact) mass is 385 g/mol. The number of carboxylic acids is 1.